The maximum atomic E-state index is 13.4. The van der Waals surface area contributed by atoms with E-state index in [0.717, 1.165) is 31.8 Å². The van der Waals surface area contributed by atoms with Gasteiger partial charge < -0.3 is 0 Å². The minimum Gasteiger partial charge on any atom is -0.296 e. The fraction of sp³-hybridized carbons (Fsp3) is 0.367. The Hall–Kier alpha value is -3.81. The molecule has 2 saturated heterocycles. The number of sulfonamides is 1. The molecule has 0 saturated carbocycles. The van der Waals surface area contributed by atoms with Crippen molar-refractivity contribution < 1.29 is 36.0 Å². The fourth-order valence-corrected chi connectivity index (χ4v) is 7.48. The number of imide groups is 1. The molecule has 1 unspecified atom stereocenters. The Bertz CT molecular complexity index is 1720. The van der Waals surface area contributed by atoms with E-state index in [-0.39, 0.29) is 37.7 Å². The van der Waals surface area contributed by atoms with E-state index in [1.165, 1.54) is 4.90 Å². The summed E-state index contributed by atoms with van der Waals surface area (Å²) in [6.45, 7) is 1.27. The van der Waals surface area contributed by atoms with Crippen LogP contribution in [-0.4, -0.2) is 79.5 Å². The average Bonchev–Trinajstić information content (AvgIpc) is 3.23. The summed E-state index contributed by atoms with van der Waals surface area (Å²) < 4.78 is 62.9. The van der Waals surface area contributed by atoms with Crippen LogP contribution in [0.15, 0.2) is 54.6 Å². The molecule has 6 rings (SSSR count). The number of nitrogens with zero attached hydrogens (tertiary/aromatic N) is 3. The summed E-state index contributed by atoms with van der Waals surface area (Å²) in [7, 11) is -4.38. The van der Waals surface area contributed by atoms with Gasteiger partial charge in [0.15, 0.2) is 5.75 Å². The van der Waals surface area contributed by atoms with Crippen molar-refractivity contribution in [2.45, 2.75) is 38.0 Å². The second-order valence-electron chi connectivity index (χ2n) is 11.2. The molecule has 0 aromatic heterocycles. The van der Waals surface area contributed by atoms with E-state index in [0.29, 0.717) is 37.3 Å². The smallest absolute Gasteiger partial charge is 0.296 e. The number of piperidine rings is 1. The zero-order chi connectivity index (χ0) is 30.5. The van der Waals surface area contributed by atoms with Gasteiger partial charge in [-0.1, -0.05) is 42.5 Å². The van der Waals surface area contributed by atoms with Gasteiger partial charge in [0.2, 0.25) is 21.8 Å². The minimum absolute atomic E-state index is 0.0189. The van der Waals surface area contributed by atoms with Crippen molar-refractivity contribution in [3.05, 3.63) is 76.9 Å². The SMILES string of the molecule is O=C1CCC(N2C(=O)c3cccc4c(Cc5ccc(CN6CCN(S(=O)(=O)CC(F)(F)F)CC6)cc5)ccc2c34)C(=O)N1. The fourth-order valence-electron chi connectivity index (χ4n) is 6.16. The van der Waals surface area contributed by atoms with Crippen molar-refractivity contribution in [2.24, 2.45) is 0 Å². The van der Waals surface area contributed by atoms with Crippen LogP contribution in [0.5, 0.6) is 0 Å². The van der Waals surface area contributed by atoms with Crippen molar-refractivity contribution in [3.8, 4) is 0 Å². The summed E-state index contributed by atoms with van der Waals surface area (Å²) in [5.74, 6) is -2.90. The molecule has 1 atom stereocenters. The van der Waals surface area contributed by atoms with Crippen LogP contribution >= 0.6 is 0 Å². The molecule has 0 spiro atoms. The van der Waals surface area contributed by atoms with Crippen LogP contribution in [0.4, 0.5) is 18.9 Å². The van der Waals surface area contributed by atoms with E-state index < -0.39 is 33.9 Å². The monoisotopic (exact) mass is 614 g/mol. The quantitative estimate of drug-likeness (QED) is 0.410. The first-order chi connectivity index (χ1) is 20.4. The van der Waals surface area contributed by atoms with Gasteiger partial charge in [-0.3, -0.25) is 29.5 Å². The van der Waals surface area contributed by atoms with E-state index >= 15 is 0 Å². The molecule has 43 heavy (non-hydrogen) atoms. The van der Waals surface area contributed by atoms with Gasteiger partial charge in [0.25, 0.3) is 5.91 Å². The Balaban J connectivity index is 1.13. The largest absolute Gasteiger partial charge is 0.404 e. The molecule has 13 heteroatoms. The minimum atomic E-state index is -4.77. The third-order valence-corrected chi connectivity index (χ3v) is 10.1. The summed E-state index contributed by atoms with van der Waals surface area (Å²) in [5.41, 5.74) is 4.25. The Labute approximate surface area is 246 Å². The third kappa shape index (κ3) is 5.89. The Morgan fingerprint density at radius 3 is 2.26 bits per heavy atom. The van der Waals surface area contributed by atoms with Crippen molar-refractivity contribution in [1.29, 1.82) is 0 Å². The van der Waals surface area contributed by atoms with Crippen LogP contribution < -0.4 is 10.2 Å². The summed E-state index contributed by atoms with van der Waals surface area (Å²) >= 11 is 0. The molecule has 0 radical (unpaired) electrons. The molecular formula is C30H29F3N4O5S. The van der Waals surface area contributed by atoms with E-state index in [1.54, 1.807) is 6.07 Å². The number of rotatable bonds is 7. The second-order valence-corrected chi connectivity index (χ2v) is 13.1. The van der Waals surface area contributed by atoms with Crippen LogP contribution in [0, 0.1) is 0 Å². The number of nitrogens with one attached hydrogen (secondary N) is 1. The van der Waals surface area contributed by atoms with Gasteiger partial charge in [0, 0.05) is 50.1 Å². The molecule has 3 heterocycles. The predicted molar refractivity (Wildman–Crippen MR) is 153 cm³/mol. The standard InChI is InChI=1S/C30H29F3N4O5S/c31-30(32,33)18-43(41,42)36-14-12-35(13-15-36)17-20-6-4-19(5-7-20)16-21-8-9-24-27-22(21)2-1-3-23(27)29(40)37(24)25-10-11-26(38)34-28(25)39/h1-9,25H,10-18H2,(H,34,38,39). The summed E-state index contributed by atoms with van der Waals surface area (Å²) in [5, 5.41) is 4.05. The van der Waals surface area contributed by atoms with Crippen LogP contribution in [0.2, 0.25) is 0 Å². The number of anilines is 1. The topological polar surface area (TPSA) is 107 Å². The molecule has 9 nitrogen and oxygen atoms in total. The van der Waals surface area contributed by atoms with Crippen LogP contribution in [-0.2, 0) is 32.6 Å². The molecule has 3 aromatic carbocycles. The predicted octanol–water partition coefficient (Wildman–Crippen LogP) is 3.21. The number of hydrogen-bond acceptors (Lipinski definition) is 6. The maximum Gasteiger partial charge on any atom is 0.404 e. The van der Waals surface area contributed by atoms with E-state index in [2.05, 4.69) is 5.32 Å². The Kier molecular flexibility index (Phi) is 7.51. The van der Waals surface area contributed by atoms with E-state index in [4.69, 9.17) is 0 Å². The molecule has 1 N–H and O–H groups in total. The van der Waals surface area contributed by atoms with Crippen LogP contribution in [0.1, 0.15) is 39.9 Å². The molecular weight excluding hydrogens is 585 g/mol. The van der Waals surface area contributed by atoms with Crippen molar-refractivity contribution in [3.63, 3.8) is 0 Å². The van der Waals surface area contributed by atoms with Crippen molar-refractivity contribution >= 4 is 44.2 Å². The van der Waals surface area contributed by atoms with Gasteiger partial charge in [0.05, 0.1) is 5.69 Å². The number of carbonyl (C=O) groups excluding carboxylic acids is 3. The highest BCUT2D eigenvalue weighted by Gasteiger charge is 2.41. The number of alkyl halides is 3. The van der Waals surface area contributed by atoms with Crippen molar-refractivity contribution in [2.75, 3.05) is 36.8 Å². The van der Waals surface area contributed by atoms with Gasteiger partial charge in [0.1, 0.15) is 6.04 Å². The van der Waals surface area contributed by atoms with Gasteiger partial charge in [-0.25, -0.2) is 8.42 Å². The average molecular weight is 615 g/mol. The van der Waals surface area contributed by atoms with E-state index in [1.807, 2.05) is 53.4 Å². The van der Waals surface area contributed by atoms with Gasteiger partial charge in [-0.15, -0.1) is 0 Å². The number of benzene rings is 3. The van der Waals surface area contributed by atoms with Gasteiger partial charge >= 0.3 is 6.18 Å². The number of piperazine rings is 1. The molecule has 3 aliphatic rings. The van der Waals surface area contributed by atoms with Gasteiger partial charge in [-0.05, 0) is 47.1 Å². The summed E-state index contributed by atoms with van der Waals surface area (Å²) in [6.07, 6.45) is -3.72. The first-order valence-corrected chi connectivity index (χ1v) is 15.6. The number of carbonyl (C=O) groups is 3. The summed E-state index contributed by atoms with van der Waals surface area (Å²) in [4.78, 5) is 41.1. The normalized spacial score (nSPS) is 20.2. The highest BCUT2D eigenvalue weighted by molar-refractivity contribution is 7.89. The Morgan fingerprint density at radius 2 is 1.58 bits per heavy atom. The molecule has 226 valence electrons. The number of amides is 3. The molecule has 2 fully saturated rings. The molecule has 0 bridgehead atoms. The van der Waals surface area contributed by atoms with Gasteiger partial charge in [-0.2, -0.15) is 17.5 Å². The highest BCUT2D eigenvalue weighted by atomic mass is 32.2. The lowest BCUT2D eigenvalue weighted by Gasteiger charge is -2.34. The first kappa shape index (κ1) is 29.3. The molecule has 3 aliphatic heterocycles. The lowest BCUT2D eigenvalue weighted by atomic mass is 9.95. The van der Waals surface area contributed by atoms with E-state index in [9.17, 15) is 36.0 Å². The summed E-state index contributed by atoms with van der Waals surface area (Å²) in [6, 6.07) is 16.6. The highest BCUT2D eigenvalue weighted by Crippen LogP contribution is 2.41. The molecule has 3 aromatic rings. The first-order valence-electron chi connectivity index (χ1n) is 14.0. The number of halogens is 3. The van der Waals surface area contributed by atoms with Crippen LogP contribution in [0.3, 0.4) is 0 Å². The van der Waals surface area contributed by atoms with Crippen molar-refractivity contribution in [1.82, 2.24) is 14.5 Å². The second kappa shape index (κ2) is 11.0. The van der Waals surface area contributed by atoms with Crippen LogP contribution in [0.25, 0.3) is 10.8 Å². The molecule has 0 aliphatic carbocycles. The molecule has 3 amide bonds. The number of hydrogen-bond donors (Lipinski definition) is 1. The lowest BCUT2D eigenvalue weighted by Crippen LogP contribution is -2.53. The zero-order valence-corrected chi connectivity index (χ0v) is 23.9. The lowest BCUT2D eigenvalue weighted by molar-refractivity contribution is -0.134. The Morgan fingerprint density at radius 1 is 0.884 bits per heavy atom. The third-order valence-electron chi connectivity index (χ3n) is 8.23. The maximum absolute atomic E-state index is 13.4. The zero-order valence-electron chi connectivity index (χ0n) is 23.1.